The number of nitrogen functional groups attached to an aromatic ring is 1. The smallest absolute Gasteiger partial charge is 0.122 e. The van der Waals surface area contributed by atoms with Crippen LogP contribution in [0.2, 0.25) is 0 Å². The van der Waals surface area contributed by atoms with E-state index in [-0.39, 0.29) is 5.54 Å². The molecule has 0 aliphatic rings. The lowest BCUT2D eigenvalue weighted by molar-refractivity contribution is 0.404. The first-order valence-corrected chi connectivity index (χ1v) is 6.74. The molecule has 0 aliphatic carbocycles. The van der Waals surface area contributed by atoms with Crippen LogP contribution in [0.1, 0.15) is 26.3 Å². The molecule has 0 spiro atoms. The maximum atomic E-state index is 9.37. The molecule has 1 unspecified atom stereocenters. The van der Waals surface area contributed by atoms with E-state index in [4.69, 9.17) is 10.3 Å². The highest BCUT2D eigenvalue weighted by atomic mass is 31.0. The van der Waals surface area contributed by atoms with E-state index in [2.05, 4.69) is 36.3 Å². The lowest BCUT2D eigenvalue weighted by Crippen LogP contribution is -2.22. The van der Waals surface area contributed by atoms with Crippen LogP contribution in [0, 0.1) is 11.3 Å². The summed E-state index contributed by atoms with van der Waals surface area (Å²) in [6.45, 7) is 6.17. The second kappa shape index (κ2) is 5.19. The Labute approximate surface area is 121 Å². The molecule has 1 heterocycles. The summed E-state index contributed by atoms with van der Waals surface area (Å²) in [4.78, 5) is 0. The van der Waals surface area contributed by atoms with Crippen LogP contribution in [-0.4, -0.2) is 4.57 Å². The van der Waals surface area contributed by atoms with E-state index in [0.717, 1.165) is 16.9 Å². The highest BCUT2D eigenvalue weighted by Crippen LogP contribution is 2.34. The van der Waals surface area contributed by atoms with E-state index in [1.165, 1.54) is 0 Å². The third kappa shape index (κ3) is 2.50. The molecule has 1 atom stereocenters. The molecule has 2 N–H and O–H groups in total. The SMILES string of the molecule is CC(C)(C)n1cc(-c2ccc(OP)cc2)c(C#N)c1N. The molecule has 104 valence electrons. The highest BCUT2D eigenvalue weighted by molar-refractivity contribution is 7.10. The van der Waals surface area contributed by atoms with Gasteiger partial charge in [-0.1, -0.05) is 12.1 Å². The molecule has 0 bridgehead atoms. The summed E-state index contributed by atoms with van der Waals surface area (Å²) in [6, 6.07) is 9.75. The van der Waals surface area contributed by atoms with Crippen LogP contribution in [0.15, 0.2) is 30.5 Å². The number of benzene rings is 1. The summed E-state index contributed by atoms with van der Waals surface area (Å²) >= 11 is 0. The van der Waals surface area contributed by atoms with Crippen LogP contribution in [-0.2, 0) is 5.54 Å². The van der Waals surface area contributed by atoms with E-state index in [1.54, 1.807) is 0 Å². The largest absolute Gasteiger partial charge is 0.480 e. The summed E-state index contributed by atoms with van der Waals surface area (Å²) in [5, 5.41) is 9.37. The van der Waals surface area contributed by atoms with Crippen molar-refractivity contribution in [2.75, 3.05) is 5.73 Å². The summed E-state index contributed by atoms with van der Waals surface area (Å²) in [6.07, 6.45) is 1.93. The van der Waals surface area contributed by atoms with E-state index in [9.17, 15) is 5.26 Å². The van der Waals surface area contributed by atoms with Gasteiger partial charge in [0.25, 0.3) is 0 Å². The molecule has 0 fully saturated rings. The minimum absolute atomic E-state index is 0.170. The molecule has 0 saturated carbocycles. The number of aromatic nitrogens is 1. The molecular formula is C15H18N3OP. The molecule has 1 aromatic heterocycles. The third-order valence-corrected chi connectivity index (χ3v) is 3.45. The fraction of sp³-hybridized carbons (Fsp3) is 0.267. The zero-order chi connectivity index (χ0) is 14.9. The Morgan fingerprint density at radius 2 is 1.85 bits per heavy atom. The molecule has 2 aromatic rings. The minimum atomic E-state index is -0.170. The predicted octanol–water partition coefficient (Wildman–Crippen LogP) is 3.53. The Morgan fingerprint density at radius 1 is 1.25 bits per heavy atom. The average molecular weight is 287 g/mol. The second-order valence-electron chi connectivity index (χ2n) is 5.60. The van der Waals surface area contributed by atoms with Crippen molar-refractivity contribution in [2.45, 2.75) is 26.3 Å². The number of anilines is 1. The quantitative estimate of drug-likeness (QED) is 0.859. The van der Waals surface area contributed by atoms with Gasteiger partial charge in [-0.25, -0.2) is 0 Å². The van der Waals surface area contributed by atoms with Gasteiger partial charge in [0, 0.05) is 17.3 Å². The van der Waals surface area contributed by atoms with Crippen molar-refractivity contribution >= 4 is 15.3 Å². The fourth-order valence-corrected chi connectivity index (χ4v) is 2.28. The topological polar surface area (TPSA) is 64.0 Å². The monoisotopic (exact) mass is 287 g/mol. The van der Waals surface area contributed by atoms with Gasteiger partial charge in [0.1, 0.15) is 23.2 Å². The summed E-state index contributed by atoms with van der Waals surface area (Å²) < 4.78 is 7.00. The minimum Gasteiger partial charge on any atom is -0.480 e. The van der Waals surface area contributed by atoms with E-state index >= 15 is 0 Å². The first kappa shape index (κ1) is 14.4. The van der Waals surface area contributed by atoms with Gasteiger partial charge in [-0.05, 0) is 38.5 Å². The van der Waals surface area contributed by atoms with Crippen molar-refractivity contribution in [3.05, 3.63) is 36.0 Å². The van der Waals surface area contributed by atoms with Crippen molar-refractivity contribution in [1.82, 2.24) is 4.57 Å². The number of nitriles is 1. The van der Waals surface area contributed by atoms with Crippen molar-refractivity contribution in [3.63, 3.8) is 0 Å². The van der Waals surface area contributed by atoms with Crippen LogP contribution in [0.4, 0.5) is 5.82 Å². The first-order valence-electron chi connectivity index (χ1n) is 6.27. The van der Waals surface area contributed by atoms with Gasteiger partial charge in [0.05, 0.1) is 9.47 Å². The maximum Gasteiger partial charge on any atom is 0.122 e. The van der Waals surface area contributed by atoms with Gasteiger partial charge in [0.15, 0.2) is 0 Å². The Hall–Kier alpha value is -1.98. The van der Waals surface area contributed by atoms with E-state index in [1.807, 2.05) is 35.0 Å². The number of nitrogens with zero attached hydrogens (tertiary/aromatic N) is 2. The number of hydrogen-bond acceptors (Lipinski definition) is 3. The molecule has 0 radical (unpaired) electrons. The second-order valence-corrected chi connectivity index (χ2v) is 5.83. The van der Waals surface area contributed by atoms with Gasteiger partial charge in [-0.3, -0.25) is 0 Å². The van der Waals surface area contributed by atoms with Gasteiger partial charge in [-0.15, -0.1) is 0 Å². The molecule has 4 nitrogen and oxygen atoms in total. The van der Waals surface area contributed by atoms with Crippen molar-refractivity contribution in [1.29, 1.82) is 5.26 Å². The zero-order valence-electron chi connectivity index (χ0n) is 11.8. The molecule has 20 heavy (non-hydrogen) atoms. The van der Waals surface area contributed by atoms with Crippen molar-refractivity contribution in [2.24, 2.45) is 0 Å². The Morgan fingerprint density at radius 3 is 2.30 bits per heavy atom. The fourth-order valence-electron chi connectivity index (χ4n) is 2.13. The summed E-state index contributed by atoms with van der Waals surface area (Å²) in [5.74, 6) is 1.25. The van der Waals surface area contributed by atoms with Crippen LogP contribution in [0.25, 0.3) is 11.1 Å². The Balaban J connectivity index is 2.59. The normalized spacial score (nSPS) is 11.2. The van der Waals surface area contributed by atoms with Gasteiger partial charge in [-0.2, -0.15) is 5.26 Å². The van der Waals surface area contributed by atoms with E-state index in [0.29, 0.717) is 11.4 Å². The summed E-state index contributed by atoms with van der Waals surface area (Å²) in [7, 11) is 2.21. The molecule has 1 aromatic carbocycles. The average Bonchev–Trinajstić information content (AvgIpc) is 2.75. The molecular weight excluding hydrogens is 269 g/mol. The van der Waals surface area contributed by atoms with Crippen molar-refractivity contribution < 1.29 is 4.52 Å². The standard InChI is InChI=1S/C15H18N3OP/c1-15(2,3)18-9-13(12(8-16)14(18)17)10-4-6-11(19-20)7-5-10/h4-7,9H,17,20H2,1-3H3. The van der Waals surface area contributed by atoms with Crippen LogP contribution < -0.4 is 10.3 Å². The number of hydrogen-bond donors (Lipinski definition) is 1. The molecule has 5 heteroatoms. The highest BCUT2D eigenvalue weighted by Gasteiger charge is 2.22. The molecule has 0 aliphatic heterocycles. The van der Waals surface area contributed by atoms with Crippen LogP contribution in [0.5, 0.6) is 5.75 Å². The lowest BCUT2D eigenvalue weighted by atomic mass is 10.0. The number of nitrogens with two attached hydrogens (primary N) is 1. The third-order valence-electron chi connectivity index (χ3n) is 3.18. The van der Waals surface area contributed by atoms with Crippen LogP contribution >= 0.6 is 9.47 Å². The molecule has 0 saturated heterocycles. The van der Waals surface area contributed by atoms with Gasteiger partial charge >= 0.3 is 0 Å². The van der Waals surface area contributed by atoms with Crippen molar-refractivity contribution in [3.8, 4) is 22.9 Å². The maximum absolute atomic E-state index is 9.37. The predicted molar refractivity (Wildman–Crippen MR) is 84.3 cm³/mol. The molecule has 2 rings (SSSR count). The molecule has 0 amide bonds. The summed E-state index contributed by atoms with van der Waals surface area (Å²) in [5.41, 5.74) is 8.24. The lowest BCUT2D eigenvalue weighted by Gasteiger charge is -2.22. The zero-order valence-corrected chi connectivity index (χ0v) is 13.0. The van der Waals surface area contributed by atoms with Gasteiger partial charge < -0.3 is 14.8 Å². The van der Waals surface area contributed by atoms with Gasteiger partial charge in [0.2, 0.25) is 0 Å². The Kier molecular flexibility index (Phi) is 3.74. The number of rotatable bonds is 2. The van der Waals surface area contributed by atoms with Crippen LogP contribution in [0.3, 0.4) is 0 Å². The van der Waals surface area contributed by atoms with E-state index < -0.39 is 0 Å². The first-order chi connectivity index (χ1) is 9.38. The Bertz CT molecular complexity index is 660.